The molecule has 8 heteroatoms. The minimum Gasteiger partial charge on any atom is -0.497 e. The van der Waals surface area contributed by atoms with E-state index in [-0.39, 0.29) is 12.5 Å². The number of amides is 1. The average Bonchev–Trinajstić information content (AvgIpc) is 2.75. The lowest BCUT2D eigenvalue weighted by Crippen LogP contribution is -2.46. The van der Waals surface area contributed by atoms with Gasteiger partial charge in [0, 0.05) is 4.90 Å². The van der Waals surface area contributed by atoms with Gasteiger partial charge in [0.1, 0.15) is 17.9 Å². The standard InChI is InChI=1S/C24H27NO6S/c1-24(2,3)31-21(26)14-25-18-11-8-16(23(28)30-5)13-19(18)32-20(22(25)27)12-15-6-9-17(29-4)10-7-15/h6-11,13,20H,12,14H2,1-5H3. The lowest BCUT2D eigenvalue weighted by Gasteiger charge is -2.34. The Morgan fingerprint density at radius 1 is 1.06 bits per heavy atom. The molecule has 3 rings (SSSR count). The molecule has 0 bridgehead atoms. The molecule has 0 saturated heterocycles. The Kier molecular flexibility index (Phi) is 7.13. The van der Waals surface area contributed by atoms with Gasteiger partial charge in [-0.3, -0.25) is 14.5 Å². The normalized spacial score (nSPS) is 15.7. The molecule has 7 nitrogen and oxygen atoms in total. The number of carbonyl (C=O) groups is 3. The molecule has 1 aliphatic rings. The molecule has 32 heavy (non-hydrogen) atoms. The van der Waals surface area contributed by atoms with Crippen LogP contribution in [0.15, 0.2) is 47.4 Å². The molecule has 1 amide bonds. The summed E-state index contributed by atoms with van der Waals surface area (Å²) in [5, 5.41) is -0.466. The summed E-state index contributed by atoms with van der Waals surface area (Å²) in [5.74, 6) is -0.411. The molecule has 0 fully saturated rings. The zero-order chi connectivity index (χ0) is 23.5. The Morgan fingerprint density at radius 3 is 2.34 bits per heavy atom. The zero-order valence-electron chi connectivity index (χ0n) is 18.8. The summed E-state index contributed by atoms with van der Waals surface area (Å²) in [5.41, 5.74) is 1.25. The molecule has 1 unspecified atom stereocenters. The smallest absolute Gasteiger partial charge is 0.337 e. The molecule has 0 N–H and O–H groups in total. The maximum absolute atomic E-state index is 13.4. The zero-order valence-corrected chi connectivity index (χ0v) is 19.7. The van der Waals surface area contributed by atoms with E-state index in [9.17, 15) is 14.4 Å². The van der Waals surface area contributed by atoms with Gasteiger partial charge in [-0.05, 0) is 63.1 Å². The van der Waals surface area contributed by atoms with Crippen LogP contribution in [0.4, 0.5) is 5.69 Å². The summed E-state index contributed by atoms with van der Waals surface area (Å²) >= 11 is 1.37. The lowest BCUT2D eigenvalue weighted by molar-refractivity contribution is -0.153. The molecule has 1 aliphatic heterocycles. The highest BCUT2D eigenvalue weighted by molar-refractivity contribution is 8.01. The quantitative estimate of drug-likeness (QED) is 0.609. The number of anilines is 1. The first-order valence-corrected chi connectivity index (χ1v) is 11.0. The van der Waals surface area contributed by atoms with Gasteiger partial charge in [-0.1, -0.05) is 12.1 Å². The van der Waals surface area contributed by atoms with Crippen molar-refractivity contribution in [3.63, 3.8) is 0 Å². The maximum Gasteiger partial charge on any atom is 0.337 e. The molecular formula is C24H27NO6S. The minimum absolute atomic E-state index is 0.185. The van der Waals surface area contributed by atoms with Gasteiger partial charge in [0.15, 0.2) is 0 Å². The van der Waals surface area contributed by atoms with Gasteiger partial charge in [0.05, 0.1) is 30.7 Å². The molecular weight excluding hydrogens is 430 g/mol. The van der Waals surface area contributed by atoms with Crippen LogP contribution in [0.25, 0.3) is 0 Å². The van der Waals surface area contributed by atoms with Crippen molar-refractivity contribution >= 4 is 35.3 Å². The van der Waals surface area contributed by atoms with E-state index in [1.807, 2.05) is 24.3 Å². The predicted octanol–water partition coefficient (Wildman–Crippen LogP) is 3.87. The summed E-state index contributed by atoms with van der Waals surface area (Å²) in [6.45, 7) is 5.13. The van der Waals surface area contributed by atoms with Crippen LogP contribution < -0.4 is 9.64 Å². The van der Waals surface area contributed by atoms with Crippen molar-refractivity contribution in [2.75, 3.05) is 25.7 Å². The third-order valence-corrected chi connectivity index (χ3v) is 6.00. The second-order valence-electron chi connectivity index (χ2n) is 8.34. The number of carbonyl (C=O) groups excluding carboxylic acids is 3. The summed E-state index contributed by atoms with van der Waals surface area (Å²) in [4.78, 5) is 40.1. The van der Waals surface area contributed by atoms with Crippen molar-refractivity contribution in [3.05, 3.63) is 53.6 Å². The Bertz CT molecular complexity index is 1010. The van der Waals surface area contributed by atoms with E-state index in [0.717, 1.165) is 16.2 Å². The molecule has 0 saturated carbocycles. The summed E-state index contributed by atoms with van der Waals surface area (Å²) < 4.78 is 15.5. The first-order valence-electron chi connectivity index (χ1n) is 10.2. The van der Waals surface area contributed by atoms with E-state index < -0.39 is 22.8 Å². The lowest BCUT2D eigenvalue weighted by atomic mass is 10.1. The third-order valence-electron chi connectivity index (χ3n) is 4.77. The minimum atomic E-state index is -0.662. The third kappa shape index (κ3) is 5.62. The van der Waals surface area contributed by atoms with Crippen LogP contribution in [-0.4, -0.2) is 49.5 Å². The molecule has 0 radical (unpaired) electrons. The number of methoxy groups -OCH3 is 2. The van der Waals surface area contributed by atoms with E-state index in [2.05, 4.69) is 0 Å². The van der Waals surface area contributed by atoms with Crippen molar-refractivity contribution in [2.45, 2.75) is 42.9 Å². The highest BCUT2D eigenvalue weighted by Gasteiger charge is 2.36. The second kappa shape index (κ2) is 9.65. The van der Waals surface area contributed by atoms with E-state index in [4.69, 9.17) is 14.2 Å². The number of benzene rings is 2. The van der Waals surface area contributed by atoms with Gasteiger partial charge in [-0.15, -0.1) is 11.8 Å². The second-order valence-corrected chi connectivity index (χ2v) is 9.59. The van der Waals surface area contributed by atoms with E-state index >= 15 is 0 Å². The van der Waals surface area contributed by atoms with Crippen LogP contribution in [-0.2, 0) is 25.5 Å². The molecule has 1 atom stereocenters. The molecule has 2 aromatic rings. The van der Waals surface area contributed by atoms with E-state index in [1.54, 1.807) is 46.1 Å². The Balaban J connectivity index is 1.92. The Hall–Kier alpha value is -3.00. The monoisotopic (exact) mass is 457 g/mol. The van der Waals surface area contributed by atoms with Gasteiger partial charge < -0.3 is 14.2 Å². The average molecular weight is 458 g/mol. The van der Waals surface area contributed by atoms with Crippen LogP contribution in [0, 0.1) is 0 Å². The molecule has 2 aromatic carbocycles. The fourth-order valence-corrected chi connectivity index (χ4v) is 4.65. The van der Waals surface area contributed by atoms with Gasteiger partial charge >= 0.3 is 11.9 Å². The first-order chi connectivity index (χ1) is 15.1. The van der Waals surface area contributed by atoms with E-state index in [1.165, 1.54) is 23.8 Å². The van der Waals surface area contributed by atoms with Gasteiger partial charge in [0.25, 0.3) is 0 Å². The molecule has 1 heterocycles. The van der Waals surface area contributed by atoms with Crippen molar-refractivity contribution in [2.24, 2.45) is 0 Å². The van der Waals surface area contributed by atoms with Crippen molar-refractivity contribution in [1.29, 1.82) is 0 Å². The number of rotatable bonds is 6. The van der Waals surface area contributed by atoms with Gasteiger partial charge in [-0.25, -0.2) is 4.79 Å². The number of esters is 2. The highest BCUT2D eigenvalue weighted by Crippen LogP contribution is 2.41. The van der Waals surface area contributed by atoms with Crippen molar-refractivity contribution in [1.82, 2.24) is 0 Å². The van der Waals surface area contributed by atoms with Crippen molar-refractivity contribution in [3.8, 4) is 5.75 Å². The van der Waals surface area contributed by atoms with Gasteiger partial charge in [0.2, 0.25) is 5.91 Å². The fourth-order valence-electron chi connectivity index (χ4n) is 3.34. The van der Waals surface area contributed by atoms with Crippen LogP contribution >= 0.6 is 11.8 Å². The largest absolute Gasteiger partial charge is 0.497 e. The van der Waals surface area contributed by atoms with Crippen molar-refractivity contribution < 1.29 is 28.6 Å². The van der Waals surface area contributed by atoms with Crippen LogP contribution in [0.1, 0.15) is 36.7 Å². The topological polar surface area (TPSA) is 82.1 Å². The number of hydrogen-bond acceptors (Lipinski definition) is 7. The van der Waals surface area contributed by atoms with Crippen LogP contribution in [0.2, 0.25) is 0 Å². The number of nitrogens with zero attached hydrogens (tertiary/aromatic N) is 1. The molecule has 0 aliphatic carbocycles. The summed E-state index contributed by atoms with van der Waals surface area (Å²) in [6.07, 6.45) is 0.459. The Morgan fingerprint density at radius 2 is 1.75 bits per heavy atom. The Labute approximate surface area is 192 Å². The van der Waals surface area contributed by atoms with E-state index in [0.29, 0.717) is 17.7 Å². The summed E-state index contributed by atoms with van der Waals surface area (Å²) in [6, 6.07) is 12.5. The molecule has 170 valence electrons. The van der Waals surface area contributed by atoms with Gasteiger partial charge in [-0.2, -0.15) is 0 Å². The van der Waals surface area contributed by atoms with Crippen LogP contribution in [0.3, 0.4) is 0 Å². The predicted molar refractivity (Wildman–Crippen MR) is 122 cm³/mol. The fraction of sp³-hybridized carbons (Fsp3) is 0.375. The summed E-state index contributed by atoms with van der Waals surface area (Å²) in [7, 11) is 2.92. The SMILES string of the molecule is COC(=O)c1ccc2c(c1)SC(Cc1ccc(OC)cc1)C(=O)N2CC(=O)OC(C)(C)C. The number of hydrogen-bond donors (Lipinski definition) is 0. The number of ether oxygens (including phenoxy) is 3. The first kappa shape index (κ1) is 23.7. The highest BCUT2D eigenvalue weighted by atomic mass is 32.2. The number of fused-ring (bicyclic) bond motifs is 1. The number of thioether (sulfide) groups is 1. The maximum atomic E-state index is 13.4. The molecule has 0 aromatic heterocycles. The molecule has 0 spiro atoms. The van der Waals surface area contributed by atoms with Crippen LogP contribution in [0.5, 0.6) is 5.75 Å².